The van der Waals surface area contributed by atoms with Gasteiger partial charge in [-0.05, 0) is 43.2 Å². The van der Waals surface area contributed by atoms with Crippen molar-refractivity contribution in [3.8, 4) is 5.75 Å². The maximum Gasteiger partial charge on any atom is 0.319 e. The van der Waals surface area contributed by atoms with E-state index in [2.05, 4.69) is 39.8 Å². The van der Waals surface area contributed by atoms with Crippen LogP contribution in [0.2, 0.25) is 0 Å². The minimum atomic E-state index is -0.230. The molecule has 0 unspecified atom stereocenters. The first-order valence-electron chi connectivity index (χ1n) is 8.13. The first kappa shape index (κ1) is 17.7. The standard InChI is InChI=1S/C19H25N3O2/c1-4-24-18-8-6-5-7-17(18)21-19(23)20-14-13-15-9-11-16(12-10-15)22(2)3/h5-12H,4,13-14H2,1-3H3,(H2,20,21,23). The van der Waals surface area contributed by atoms with E-state index in [0.717, 1.165) is 12.1 Å². The van der Waals surface area contributed by atoms with Crippen LogP contribution in [0.25, 0.3) is 0 Å². The number of carbonyl (C=O) groups excluding carboxylic acids is 1. The van der Waals surface area contributed by atoms with Gasteiger partial charge in [-0.3, -0.25) is 0 Å². The predicted molar refractivity (Wildman–Crippen MR) is 99.1 cm³/mol. The van der Waals surface area contributed by atoms with E-state index in [1.54, 1.807) is 0 Å². The van der Waals surface area contributed by atoms with Gasteiger partial charge in [-0.25, -0.2) is 4.79 Å². The number of ether oxygens (including phenoxy) is 1. The molecule has 0 saturated carbocycles. The van der Waals surface area contributed by atoms with Crippen LogP contribution in [0.4, 0.5) is 16.2 Å². The molecule has 24 heavy (non-hydrogen) atoms. The summed E-state index contributed by atoms with van der Waals surface area (Å²) < 4.78 is 5.50. The van der Waals surface area contributed by atoms with Gasteiger partial charge >= 0.3 is 6.03 Å². The molecular formula is C19H25N3O2. The van der Waals surface area contributed by atoms with Gasteiger partial charge in [0.25, 0.3) is 0 Å². The third-order valence-electron chi connectivity index (χ3n) is 3.59. The molecule has 2 aromatic carbocycles. The van der Waals surface area contributed by atoms with E-state index < -0.39 is 0 Å². The summed E-state index contributed by atoms with van der Waals surface area (Å²) in [6.07, 6.45) is 0.786. The minimum Gasteiger partial charge on any atom is -0.492 e. The summed E-state index contributed by atoms with van der Waals surface area (Å²) in [5, 5.41) is 5.69. The Morgan fingerprint density at radius 3 is 2.46 bits per heavy atom. The number of hydrogen-bond acceptors (Lipinski definition) is 3. The summed E-state index contributed by atoms with van der Waals surface area (Å²) in [4.78, 5) is 14.1. The number of para-hydroxylation sites is 2. The van der Waals surface area contributed by atoms with Crippen LogP contribution >= 0.6 is 0 Å². The van der Waals surface area contributed by atoms with Crippen molar-refractivity contribution in [2.75, 3.05) is 37.5 Å². The van der Waals surface area contributed by atoms with E-state index in [1.165, 1.54) is 5.56 Å². The Kier molecular flexibility index (Phi) is 6.49. The molecule has 0 bridgehead atoms. The van der Waals surface area contributed by atoms with Crippen molar-refractivity contribution in [2.24, 2.45) is 0 Å². The van der Waals surface area contributed by atoms with Gasteiger partial charge in [-0.1, -0.05) is 24.3 Å². The van der Waals surface area contributed by atoms with E-state index >= 15 is 0 Å². The number of urea groups is 1. The molecule has 2 rings (SSSR count). The largest absolute Gasteiger partial charge is 0.492 e. The maximum atomic E-state index is 12.0. The van der Waals surface area contributed by atoms with Crippen LogP contribution in [0.1, 0.15) is 12.5 Å². The van der Waals surface area contributed by atoms with Gasteiger partial charge in [0, 0.05) is 26.3 Å². The lowest BCUT2D eigenvalue weighted by molar-refractivity contribution is 0.252. The molecule has 0 aliphatic heterocycles. The second-order valence-electron chi connectivity index (χ2n) is 5.62. The summed E-state index contributed by atoms with van der Waals surface area (Å²) in [5.41, 5.74) is 3.03. The highest BCUT2D eigenvalue weighted by molar-refractivity contribution is 5.90. The fourth-order valence-corrected chi connectivity index (χ4v) is 2.30. The lowest BCUT2D eigenvalue weighted by Gasteiger charge is -2.13. The topological polar surface area (TPSA) is 53.6 Å². The maximum absolute atomic E-state index is 12.0. The Morgan fingerprint density at radius 2 is 1.79 bits per heavy atom. The first-order chi connectivity index (χ1) is 11.6. The summed E-state index contributed by atoms with van der Waals surface area (Å²) in [7, 11) is 4.03. The molecule has 0 aromatic heterocycles. The van der Waals surface area contributed by atoms with Crippen LogP contribution in [0.3, 0.4) is 0 Å². The van der Waals surface area contributed by atoms with Gasteiger partial charge in [0.2, 0.25) is 0 Å². The van der Waals surface area contributed by atoms with Crippen molar-refractivity contribution in [2.45, 2.75) is 13.3 Å². The molecule has 0 fully saturated rings. The molecule has 5 heteroatoms. The van der Waals surface area contributed by atoms with Gasteiger partial charge in [0.15, 0.2) is 0 Å². The zero-order valence-electron chi connectivity index (χ0n) is 14.5. The fraction of sp³-hybridized carbons (Fsp3) is 0.316. The summed E-state index contributed by atoms with van der Waals surface area (Å²) in [6, 6.07) is 15.5. The Balaban J connectivity index is 1.81. The number of anilines is 2. The quantitative estimate of drug-likeness (QED) is 0.818. The number of hydrogen-bond donors (Lipinski definition) is 2. The minimum absolute atomic E-state index is 0.230. The third-order valence-corrected chi connectivity index (χ3v) is 3.59. The van der Waals surface area contributed by atoms with Gasteiger partial charge in [0.05, 0.1) is 12.3 Å². The Labute approximate surface area is 143 Å². The lowest BCUT2D eigenvalue weighted by atomic mass is 10.1. The molecule has 5 nitrogen and oxygen atoms in total. The molecular weight excluding hydrogens is 302 g/mol. The highest BCUT2D eigenvalue weighted by Crippen LogP contribution is 2.23. The van der Waals surface area contributed by atoms with Crippen LogP contribution < -0.4 is 20.3 Å². The number of rotatable bonds is 7. The van der Waals surface area contributed by atoms with Crippen molar-refractivity contribution in [1.29, 1.82) is 0 Å². The van der Waals surface area contributed by atoms with Crippen molar-refractivity contribution in [1.82, 2.24) is 5.32 Å². The van der Waals surface area contributed by atoms with Crippen LogP contribution in [0, 0.1) is 0 Å². The van der Waals surface area contributed by atoms with Crippen LogP contribution in [-0.2, 0) is 6.42 Å². The smallest absolute Gasteiger partial charge is 0.319 e. The molecule has 2 amide bonds. The summed E-state index contributed by atoms with van der Waals surface area (Å²) in [6.45, 7) is 3.05. The van der Waals surface area contributed by atoms with Crippen LogP contribution in [0.5, 0.6) is 5.75 Å². The zero-order valence-corrected chi connectivity index (χ0v) is 14.5. The second-order valence-corrected chi connectivity index (χ2v) is 5.62. The number of benzene rings is 2. The summed E-state index contributed by atoms with van der Waals surface area (Å²) in [5.74, 6) is 0.675. The van der Waals surface area contributed by atoms with E-state index in [4.69, 9.17) is 4.74 Å². The van der Waals surface area contributed by atoms with Gasteiger partial charge in [-0.15, -0.1) is 0 Å². The van der Waals surface area contributed by atoms with E-state index in [1.807, 2.05) is 45.3 Å². The van der Waals surface area contributed by atoms with Crippen molar-refractivity contribution in [3.63, 3.8) is 0 Å². The van der Waals surface area contributed by atoms with Gasteiger partial charge in [-0.2, -0.15) is 0 Å². The predicted octanol–water partition coefficient (Wildman–Crippen LogP) is 3.52. The highest BCUT2D eigenvalue weighted by atomic mass is 16.5. The Bertz CT molecular complexity index is 654. The molecule has 0 aliphatic rings. The van der Waals surface area contributed by atoms with Crippen LogP contribution in [-0.4, -0.2) is 33.3 Å². The van der Waals surface area contributed by atoms with Crippen molar-refractivity contribution in [3.05, 3.63) is 54.1 Å². The first-order valence-corrected chi connectivity index (χ1v) is 8.13. The molecule has 0 spiro atoms. The number of amides is 2. The SMILES string of the molecule is CCOc1ccccc1NC(=O)NCCc1ccc(N(C)C)cc1. The van der Waals surface area contributed by atoms with E-state index in [9.17, 15) is 4.79 Å². The molecule has 0 heterocycles. The molecule has 2 aromatic rings. The normalized spacial score (nSPS) is 10.1. The monoisotopic (exact) mass is 327 g/mol. The zero-order chi connectivity index (χ0) is 17.4. The molecule has 0 aliphatic carbocycles. The van der Waals surface area contributed by atoms with Gasteiger partial charge < -0.3 is 20.3 Å². The van der Waals surface area contributed by atoms with Crippen molar-refractivity contribution >= 4 is 17.4 Å². The molecule has 0 saturated heterocycles. The van der Waals surface area contributed by atoms with Crippen molar-refractivity contribution < 1.29 is 9.53 Å². The number of nitrogens with zero attached hydrogens (tertiary/aromatic N) is 1. The molecule has 0 radical (unpaired) electrons. The number of nitrogens with one attached hydrogen (secondary N) is 2. The lowest BCUT2D eigenvalue weighted by Crippen LogP contribution is -2.30. The van der Waals surface area contributed by atoms with Gasteiger partial charge in [0.1, 0.15) is 5.75 Å². The highest BCUT2D eigenvalue weighted by Gasteiger charge is 2.06. The van der Waals surface area contributed by atoms with E-state index in [0.29, 0.717) is 24.6 Å². The third kappa shape index (κ3) is 5.19. The molecule has 2 N–H and O–H groups in total. The summed E-state index contributed by atoms with van der Waals surface area (Å²) >= 11 is 0. The second kappa shape index (κ2) is 8.82. The molecule has 128 valence electrons. The Morgan fingerprint density at radius 1 is 1.08 bits per heavy atom. The number of carbonyl (C=O) groups is 1. The average molecular weight is 327 g/mol. The fourth-order valence-electron chi connectivity index (χ4n) is 2.30. The molecule has 0 atom stereocenters. The van der Waals surface area contributed by atoms with Crippen LogP contribution in [0.15, 0.2) is 48.5 Å². The average Bonchev–Trinajstić information content (AvgIpc) is 2.57. The Hall–Kier alpha value is -2.69. The van der Waals surface area contributed by atoms with E-state index in [-0.39, 0.29) is 6.03 Å².